The van der Waals surface area contributed by atoms with E-state index in [0.29, 0.717) is 12.8 Å². The molecule has 1 aliphatic rings. The van der Waals surface area contributed by atoms with Crippen molar-refractivity contribution in [2.24, 2.45) is 11.7 Å². The van der Waals surface area contributed by atoms with Crippen molar-refractivity contribution in [1.29, 1.82) is 0 Å². The molecule has 8 heteroatoms. The highest BCUT2D eigenvalue weighted by Crippen LogP contribution is 2.29. The number of primary amides is 1. The van der Waals surface area contributed by atoms with Gasteiger partial charge in [0.25, 0.3) is 0 Å². The van der Waals surface area contributed by atoms with E-state index in [9.17, 15) is 23.1 Å². The molecule has 2 rings (SSSR count). The number of sulfonamides is 1. The zero-order valence-electron chi connectivity index (χ0n) is 12.1. The molecule has 0 unspecified atom stereocenters. The Hall–Kier alpha value is -1.93. The van der Waals surface area contributed by atoms with Crippen molar-refractivity contribution < 1.29 is 23.1 Å². The summed E-state index contributed by atoms with van der Waals surface area (Å²) >= 11 is 0. The lowest BCUT2D eigenvalue weighted by molar-refractivity contribution is -0.144. The van der Waals surface area contributed by atoms with E-state index in [2.05, 4.69) is 0 Å². The molecule has 3 N–H and O–H groups in total. The van der Waals surface area contributed by atoms with Gasteiger partial charge in [-0.2, -0.15) is 4.31 Å². The number of rotatable bonds is 4. The van der Waals surface area contributed by atoms with Crippen molar-refractivity contribution >= 4 is 21.9 Å². The summed E-state index contributed by atoms with van der Waals surface area (Å²) in [4.78, 5) is 22.5. The average molecular weight is 326 g/mol. The van der Waals surface area contributed by atoms with E-state index in [1.165, 1.54) is 24.3 Å². The van der Waals surface area contributed by atoms with Crippen molar-refractivity contribution in [1.82, 2.24) is 4.31 Å². The van der Waals surface area contributed by atoms with Crippen LogP contribution in [0.25, 0.3) is 0 Å². The molecule has 1 amide bonds. The van der Waals surface area contributed by atoms with Crippen LogP contribution < -0.4 is 5.73 Å². The maximum absolute atomic E-state index is 12.7. The van der Waals surface area contributed by atoms with Crippen molar-refractivity contribution in [3.8, 4) is 0 Å². The fourth-order valence-electron chi connectivity index (χ4n) is 2.73. The molecule has 1 aromatic carbocycles. The Morgan fingerprint density at radius 2 is 2.05 bits per heavy atom. The van der Waals surface area contributed by atoms with Crippen molar-refractivity contribution in [3.05, 3.63) is 29.8 Å². The van der Waals surface area contributed by atoms with Crippen molar-refractivity contribution in [2.75, 3.05) is 6.54 Å². The Kier molecular flexibility index (Phi) is 4.52. The summed E-state index contributed by atoms with van der Waals surface area (Å²) in [5.74, 6) is -2.18. The van der Waals surface area contributed by atoms with Gasteiger partial charge in [0.1, 0.15) is 6.04 Å². The Labute approximate surface area is 128 Å². The predicted molar refractivity (Wildman–Crippen MR) is 78.7 cm³/mol. The molecule has 1 aromatic rings. The average Bonchev–Trinajstić information content (AvgIpc) is 2.46. The smallest absolute Gasteiger partial charge is 0.322 e. The van der Waals surface area contributed by atoms with E-state index in [0.717, 1.165) is 4.31 Å². The molecule has 0 saturated carbocycles. The van der Waals surface area contributed by atoms with E-state index >= 15 is 0 Å². The van der Waals surface area contributed by atoms with Gasteiger partial charge >= 0.3 is 5.97 Å². The highest BCUT2D eigenvalue weighted by atomic mass is 32.2. The Bertz CT molecular complexity index is 701. The minimum absolute atomic E-state index is 0.0676. The molecule has 0 aromatic heterocycles. The molecule has 1 heterocycles. The Morgan fingerprint density at radius 3 is 2.64 bits per heavy atom. The SMILES string of the molecule is C[C@H]1CCCN(S(=O)(=O)c2cccc(C(N)=O)c2)[C@@H]1C(=O)O. The van der Waals surface area contributed by atoms with Gasteiger partial charge < -0.3 is 10.8 Å². The first-order valence-electron chi connectivity index (χ1n) is 6.89. The van der Waals surface area contributed by atoms with Crippen LogP contribution in [-0.2, 0) is 14.8 Å². The van der Waals surface area contributed by atoms with Crippen LogP contribution in [0.15, 0.2) is 29.2 Å². The van der Waals surface area contributed by atoms with Crippen LogP contribution in [0.3, 0.4) is 0 Å². The molecule has 0 radical (unpaired) electrons. The lowest BCUT2D eigenvalue weighted by Gasteiger charge is -2.36. The Morgan fingerprint density at radius 1 is 1.36 bits per heavy atom. The summed E-state index contributed by atoms with van der Waals surface area (Å²) < 4.78 is 26.5. The zero-order chi connectivity index (χ0) is 16.5. The lowest BCUT2D eigenvalue weighted by atomic mass is 9.93. The van der Waals surface area contributed by atoms with Gasteiger partial charge in [-0.1, -0.05) is 13.0 Å². The van der Waals surface area contributed by atoms with Crippen LogP contribution in [0.4, 0.5) is 0 Å². The summed E-state index contributed by atoms with van der Waals surface area (Å²) in [5.41, 5.74) is 5.23. The molecule has 0 aliphatic carbocycles. The summed E-state index contributed by atoms with van der Waals surface area (Å²) in [7, 11) is -4.00. The number of amides is 1. The number of nitrogens with zero attached hydrogens (tertiary/aromatic N) is 1. The zero-order valence-corrected chi connectivity index (χ0v) is 12.9. The second-order valence-electron chi connectivity index (χ2n) is 5.41. The third-order valence-corrected chi connectivity index (χ3v) is 5.74. The molecule has 1 fully saturated rings. The highest BCUT2D eigenvalue weighted by Gasteiger charge is 2.41. The van der Waals surface area contributed by atoms with Crippen LogP contribution in [0.5, 0.6) is 0 Å². The maximum Gasteiger partial charge on any atom is 0.322 e. The fraction of sp³-hybridized carbons (Fsp3) is 0.429. The van der Waals surface area contributed by atoms with E-state index < -0.39 is 27.9 Å². The van der Waals surface area contributed by atoms with Gasteiger partial charge in [-0.05, 0) is 37.0 Å². The lowest BCUT2D eigenvalue weighted by Crippen LogP contribution is -2.51. The van der Waals surface area contributed by atoms with Crippen LogP contribution in [0, 0.1) is 5.92 Å². The molecular weight excluding hydrogens is 308 g/mol. The minimum atomic E-state index is -4.00. The molecule has 0 spiro atoms. The molecule has 7 nitrogen and oxygen atoms in total. The first-order valence-corrected chi connectivity index (χ1v) is 8.33. The van der Waals surface area contributed by atoms with Crippen molar-refractivity contribution in [3.63, 3.8) is 0 Å². The van der Waals surface area contributed by atoms with Gasteiger partial charge in [0, 0.05) is 12.1 Å². The number of carboxylic acid groups (broad SMARTS) is 1. The molecule has 1 saturated heterocycles. The summed E-state index contributed by atoms with van der Waals surface area (Å²) in [6, 6.07) is 4.23. The number of nitrogens with two attached hydrogens (primary N) is 1. The van der Waals surface area contributed by atoms with E-state index in [4.69, 9.17) is 5.73 Å². The fourth-order valence-corrected chi connectivity index (χ4v) is 4.50. The quantitative estimate of drug-likeness (QED) is 0.842. The van der Waals surface area contributed by atoms with Crippen LogP contribution in [0.1, 0.15) is 30.1 Å². The standard InChI is InChI=1S/C14H18N2O5S/c1-9-4-3-7-16(12(9)14(18)19)22(20,21)11-6-2-5-10(8-11)13(15)17/h2,5-6,8-9,12H,3-4,7H2,1H3,(H2,15,17)(H,18,19)/t9-,12-/m0/s1. The first-order chi connectivity index (χ1) is 10.2. The van der Waals surface area contributed by atoms with E-state index in [-0.39, 0.29) is 22.9 Å². The van der Waals surface area contributed by atoms with Crippen LogP contribution in [0.2, 0.25) is 0 Å². The van der Waals surface area contributed by atoms with Gasteiger partial charge in [-0.3, -0.25) is 9.59 Å². The number of hydrogen-bond donors (Lipinski definition) is 2. The van der Waals surface area contributed by atoms with Crippen molar-refractivity contribution in [2.45, 2.75) is 30.7 Å². The first kappa shape index (κ1) is 16.4. The monoisotopic (exact) mass is 326 g/mol. The number of piperidine rings is 1. The van der Waals surface area contributed by atoms with Gasteiger partial charge in [0.05, 0.1) is 4.90 Å². The van der Waals surface area contributed by atoms with E-state index in [1.54, 1.807) is 6.92 Å². The second-order valence-corrected chi connectivity index (χ2v) is 7.30. The number of carboxylic acids is 1. The number of aliphatic carboxylic acids is 1. The number of benzene rings is 1. The van der Waals surface area contributed by atoms with Gasteiger partial charge in [-0.25, -0.2) is 8.42 Å². The molecule has 2 atom stereocenters. The molecule has 0 bridgehead atoms. The highest BCUT2D eigenvalue weighted by molar-refractivity contribution is 7.89. The van der Waals surface area contributed by atoms with Gasteiger partial charge in [-0.15, -0.1) is 0 Å². The maximum atomic E-state index is 12.7. The topological polar surface area (TPSA) is 118 Å². The molecule has 1 aliphatic heterocycles. The van der Waals surface area contributed by atoms with Gasteiger partial charge in [0.15, 0.2) is 0 Å². The summed E-state index contributed by atoms with van der Waals surface area (Å²) in [6.45, 7) is 1.87. The summed E-state index contributed by atoms with van der Waals surface area (Å²) in [6.07, 6.45) is 1.25. The molecule has 120 valence electrons. The third-order valence-electron chi connectivity index (χ3n) is 3.87. The minimum Gasteiger partial charge on any atom is -0.480 e. The second kappa shape index (κ2) is 6.05. The van der Waals surface area contributed by atoms with Crippen LogP contribution >= 0.6 is 0 Å². The molecular formula is C14H18N2O5S. The summed E-state index contributed by atoms with van der Waals surface area (Å²) in [5, 5.41) is 9.35. The largest absolute Gasteiger partial charge is 0.480 e. The normalized spacial score (nSPS) is 23.1. The van der Waals surface area contributed by atoms with Crippen LogP contribution in [-0.4, -0.2) is 42.3 Å². The number of carbonyl (C=O) groups is 2. The number of hydrogen-bond acceptors (Lipinski definition) is 4. The predicted octanol–water partition coefficient (Wildman–Crippen LogP) is 0.659. The van der Waals surface area contributed by atoms with Gasteiger partial charge in [0.2, 0.25) is 15.9 Å². The Balaban J connectivity index is 2.46. The third kappa shape index (κ3) is 2.97. The number of carbonyl (C=O) groups excluding carboxylic acids is 1. The van der Waals surface area contributed by atoms with E-state index in [1.807, 2.05) is 0 Å². The molecule has 22 heavy (non-hydrogen) atoms.